The second-order valence-electron chi connectivity index (χ2n) is 7.82. The van der Waals surface area contributed by atoms with Crippen molar-refractivity contribution in [1.82, 2.24) is 4.90 Å². The van der Waals surface area contributed by atoms with Crippen LogP contribution < -0.4 is 5.73 Å². The van der Waals surface area contributed by atoms with Crippen LogP contribution in [-0.2, 0) is 4.79 Å². The Morgan fingerprint density at radius 3 is 1.54 bits per heavy atom. The molecule has 4 heteroatoms. The van der Waals surface area contributed by atoms with Crippen LogP contribution in [0, 0.1) is 0 Å². The number of nitrogens with two attached hydrogens (primary N) is 1. The van der Waals surface area contributed by atoms with Gasteiger partial charge in [0, 0.05) is 0 Å². The van der Waals surface area contributed by atoms with Crippen LogP contribution in [0.1, 0.15) is 110 Å². The van der Waals surface area contributed by atoms with Crippen LogP contribution in [-0.4, -0.2) is 41.7 Å². The Morgan fingerprint density at radius 2 is 1.12 bits per heavy atom. The van der Waals surface area contributed by atoms with Gasteiger partial charge in [0.25, 0.3) is 0 Å². The molecule has 0 rings (SSSR count). The van der Waals surface area contributed by atoms with Gasteiger partial charge in [0.1, 0.15) is 6.04 Å². The number of rotatable bonds is 20. The van der Waals surface area contributed by atoms with Crippen LogP contribution >= 0.6 is 0 Å². The van der Waals surface area contributed by atoms with Crippen LogP contribution in [0.5, 0.6) is 0 Å². The van der Waals surface area contributed by atoms with E-state index in [9.17, 15) is 4.79 Å². The van der Waals surface area contributed by atoms with Gasteiger partial charge in [-0.1, -0.05) is 84.5 Å². The lowest BCUT2D eigenvalue weighted by Crippen LogP contribution is -2.31. The number of nitrogens with zero attached hydrogens (tertiary/aromatic N) is 1. The van der Waals surface area contributed by atoms with Crippen molar-refractivity contribution >= 4 is 5.97 Å². The smallest absolute Gasteiger partial charge is 0.320 e. The van der Waals surface area contributed by atoms with Crippen LogP contribution in [0.25, 0.3) is 0 Å². The average Bonchev–Trinajstić information content (AvgIpc) is 2.63. The Balaban J connectivity index is 3.92. The van der Waals surface area contributed by atoms with Gasteiger partial charge in [-0.2, -0.15) is 0 Å². The molecule has 156 valence electrons. The number of carboxylic acid groups (broad SMARTS) is 1. The highest BCUT2D eigenvalue weighted by Crippen LogP contribution is 2.10. The van der Waals surface area contributed by atoms with Gasteiger partial charge in [-0.05, 0) is 45.3 Å². The highest BCUT2D eigenvalue weighted by atomic mass is 16.4. The van der Waals surface area contributed by atoms with Gasteiger partial charge in [-0.3, -0.25) is 4.79 Å². The third kappa shape index (κ3) is 16.8. The largest absolute Gasteiger partial charge is 0.480 e. The molecule has 0 aromatic rings. The van der Waals surface area contributed by atoms with Crippen LogP contribution in [0.4, 0.5) is 0 Å². The number of hydrogen-bond donors (Lipinski definition) is 2. The lowest BCUT2D eigenvalue weighted by atomic mass is 10.1. The summed E-state index contributed by atoms with van der Waals surface area (Å²) < 4.78 is 0. The minimum absolute atomic E-state index is 0.594. The molecule has 0 aliphatic carbocycles. The molecule has 1 unspecified atom stereocenters. The number of aliphatic carboxylic acids is 1. The maximum Gasteiger partial charge on any atom is 0.320 e. The molecular weight excluding hydrogens is 324 g/mol. The highest BCUT2D eigenvalue weighted by Gasteiger charge is 2.11. The van der Waals surface area contributed by atoms with E-state index in [0.29, 0.717) is 6.42 Å². The van der Waals surface area contributed by atoms with E-state index in [-0.39, 0.29) is 0 Å². The standard InChI is InChI=1S/C22H46N2O2/c1-3-5-7-9-11-14-18-24(19-15-12-10-8-6-4-2)20-16-13-17-21(23)22(25)26/h21H,3-20,23H2,1-2H3,(H,25,26). The fourth-order valence-corrected chi connectivity index (χ4v) is 3.39. The van der Waals surface area contributed by atoms with Gasteiger partial charge in [-0.25, -0.2) is 0 Å². The molecule has 0 saturated heterocycles. The molecule has 3 N–H and O–H groups in total. The molecule has 0 aromatic carbocycles. The third-order valence-electron chi connectivity index (χ3n) is 5.21. The quantitative estimate of drug-likeness (QED) is 0.274. The number of hydrogen-bond acceptors (Lipinski definition) is 3. The molecule has 0 aliphatic heterocycles. The molecule has 0 aliphatic rings. The summed E-state index contributed by atoms with van der Waals surface area (Å²) in [4.78, 5) is 13.4. The Hall–Kier alpha value is -0.610. The second-order valence-corrected chi connectivity index (χ2v) is 7.82. The maximum absolute atomic E-state index is 10.8. The van der Waals surface area contributed by atoms with Gasteiger partial charge in [-0.15, -0.1) is 0 Å². The van der Waals surface area contributed by atoms with Crippen molar-refractivity contribution < 1.29 is 9.90 Å². The fraction of sp³-hybridized carbons (Fsp3) is 0.955. The van der Waals surface area contributed by atoms with Crippen molar-refractivity contribution in [3.63, 3.8) is 0 Å². The predicted octanol–water partition coefficient (Wildman–Crippen LogP) is 5.59. The summed E-state index contributed by atoms with van der Waals surface area (Å²) in [5, 5.41) is 8.86. The van der Waals surface area contributed by atoms with E-state index in [1.165, 1.54) is 90.1 Å². The summed E-state index contributed by atoms with van der Waals surface area (Å²) in [7, 11) is 0. The summed E-state index contributed by atoms with van der Waals surface area (Å²) in [6.45, 7) is 8.02. The lowest BCUT2D eigenvalue weighted by Gasteiger charge is -2.22. The van der Waals surface area contributed by atoms with Crippen molar-refractivity contribution in [2.45, 2.75) is 116 Å². The van der Waals surface area contributed by atoms with Crippen molar-refractivity contribution in [2.75, 3.05) is 19.6 Å². The zero-order valence-electron chi connectivity index (χ0n) is 17.7. The summed E-state index contributed by atoms with van der Waals surface area (Å²) in [6.07, 6.45) is 18.7. The Kier molecular flexibility index (Phi) is 18.7. The van der Waals surface area contributed by atoms with E-state index in [2.05, 4.69) is 18.7 Å². The van der Waals surface area contributed by atoms with Crippen LogP contribution in [0.15, 0.2) is 0 Å². The highest BCUT2D eigenvalue weighted by molar-refractivity contribution is 5.72. The van der Waals surface area contributed by atoms with Crippen molar-refractivity contribution in [3.05, 3.63) is 0 Å². The number of unbranched alkanes of at least 4 members (excludes halogenated alkanes) is 11. The van der Waals surface area contributed by atoms with E-state index in [1.54, 1.807) is 0 Å². The summed E-state index contributed by atoms with van der Waals surface area (Å²) in [5.74, 6) is -0.874. The molecule has 0 aromatic heterocycles. The van der Waals surface area contributed by atoms with E-state index in [0.717, 1.165) is 19.4 Å². The van der Waals surface area contributed by atoms with E-state index in [1.807, 2.05) is 0 Å². The van der Waals surface area contributed by atoms with E-state index in [4.69, 9.17) is 10.8 Å². The molecule has 0 heterocycles. The number of carbonyl (C=O) groups is 1. The molecule has 0 saturated carbocycles. The van der Waals surface area contributed by atoms with Gasteiger partial charge >= 0.3 is 5.97 Å². The topological polar surface area (TPSA) is 66.6 Å². The minimum Gasteiger partial charge on any atom is -0.480 e. The normalized spacial score (nSPS) is 12.6. The number of carboxylic acids is 1. The summed E-state index contributed by atoms with van der Waals surface area (Å²) in [6, 6.07) is -0.694. The zero-order chi connectivity index (χ0) is 19.5. The SMILES string of the molecule is CCCCCCCCN(CCCCCCCC)CCCCC(N)C(=O)O. The molecule has 0 spiro atoms. The van der Waals surface area contributed by atoms with Gasteiger partial charge in [0.15, 0.2) is 0 Å². The van der Waals surface area contributed by atoms with Gasteiger partial charge < -0.3 is 15.7 Å². The third-order valence-corrected chi connectivity index (χ3v) is 5.21. The fourth-order valence-electron chi connectivity index (χ4n) is 3.39. The Bertz CT molecular complexity index is 295. The molecular formula is C22H46N2O2. The van der Waals surface area contributed by atoms with Gasteiger partial charge in [0.2, 0.25) is 0 Å². The molecule has 4 nitrogen and oxygen atoms in total. The minimum atomic E-state index is -0.874. The van der Waals surface area contributed by atoms with E-state index >= 15 is 0 Å². The first kappa shape index (κ1) is 25.4. The summed E-state index contributed by atoms with van der Waals surface area (Å²) >= 11 is 0. The molecule has 1 atom stereocenters. The molecule has 0 bridgehead atoms. The maximum atomic E-state index is 10.8. The predicted molar refractivity (Wildman–Crippen MR) is 113 cm³/mol. The van der Waals surface area contributed by atoms with Crippen molar-refractivity contribution in [3.8, 4) is 0 Å². The molecule has 0 radical (unpaired) electrons. The lowest BCUT2D eigenvalue weighted by molar-refractivity contribution is -0.138. The first-order valence-corrected chi connectivity index (χ1v) is 11.3. The second kappa shape index (κ2) is 19.2. The van der Waals surface area contributed by atoms with E-state index < -0.39 is 12.0 Å². The molecule has 0 amide bonds. The van der Waals surface area contributed by atoms with Gasteiger partial charge in [0.05, 0.1) is 0 Å². The Morgan fingerprint density at radius 1 is 0.731 bits per heavy atom. The van der Waals surface area contributed by atoms with Crippen molar-refractivity contribution in [2.24, 2.45) is 5.73 Å². The molecule has 0 fully saturated rings. The first-order chi connectivity index (χ1) is 12.6. The van der Waals surface area contributed by atoms with Crippen LogP contribution in [0.3, 0.4) is 0 Å². The van der Waals surface area contributed by atoms with Crippen molar-refractivity contribution in [1.29, 1.82) is 0 Å². The first-order valence-electron chi connectivity index (χ1n) is 11.3. The zero-order valence-corrected chi connectivity index (χ0v) is 17.7. The monoisotopic (exact) mass is 370 g/mol. The average molecular weight is 371 g/mol. The Labute approximate surface area is 162 Å². The summed E-state index contributed by atoms with van der Waals surface area (Å²) in [5.41, 5.74) is 5.60. The van der Waals surface area contributed by atoms with Crippen LogP contribution in [0.2, 0.25) is 0 Å². The molecule has 26 heavy (non-hydrogen) atoms.